The van der Waals surface area contributed by atoms with Crippen LogP contribution in [0.3, 0.4) is 0 Å². The van der Waals surface area contributed by atoms with Crippen LogP contribution in [0, 0.1) is 5.92 Å². The zero-order chi connectivity index (χ0) is 17.0. The van der Waals surface area contributed by atoms with Crippen molar-refractivity contribution in [1.82, 2.24) is 9.88 Å². The summed E-state index contributed by atoms with van der Waals surface area (Å²) in [7, 11) is 1.59. The summed E-state index contributed by atoms with van der Waals surface area (Å²) < 4.78 is 5.18. The fourth-order valence-corrected chi connectivity index (χ4v) is 2.47. The largest absolute Gasteiger partial charge is 0.497 e. The van der Waals surface area contributed by atoms with Gasteiger partial charge in [0, 0.05) is 24.0 Å². The molecule has 6 heteroatoms. The molecule has 1 heterocycles. The second kappa shape index (κ2) is 7.17. The molecule has 2 rings (SSSR count). The zero-order valence-corrected chi connectivity index (χ0v) is 13.6. The number of rotatable bonds is 7. The first-order chi connectivity index (χ1) is 10.9. The number of benzene rings is 1. The number of carbonyl (C=O) groups is 2. The highest BCUT2D eigenvalue weighted by Crippen LogP contribution is 2.22. The van der Waals surface area contributed by atoms with E-state index in [4.69, 9.17) is 9.84 Å². The Balaban J connectivity index is 2.25. The number of carboxylic acid groups (broad SMARTS) is 1. The van der Waals surface area contributed by atoms with Crippen molar-refractivity contribution in [1.29, 1.82) is 0 Å². The Morgan fingerprint density at radius 2 is 2.04 bits per heavy atom. The molecule has 0 bridgehead atoms. The molecule has 0 spiro atoms. The molecule has 0 unspecified atom stereocenters. The Bertz CT molecular complexity index is 706. The van der Waals surface area contributed by atoms with Gasteiger partial charge in [-0.05, 0) is 30.2 Å². The van der Waals surface area contributed by atoms with Crippen molar-refractivity contribution >= 4 is 22.8 Å². The minimum atomic E-state index is -0.909. The third-order valence-corrected chi connectivity index (χ3v) is 3.53. The number of amides is 1. The van der Waals surface area contributed by atoms with Crippen LogP contribution in [0.25, 0.3) is 10.9 Å². The number of nitrogens with zero attached hydrogens (tertiary/aromatic N) is 1. The number of nitrogens with one attached hydrogen (secondary N) is 1. The lowest BCUT2D eigenvalue weighted by Gasteiger charge is -2.23. The molecular weight excluding hydrogens is 296 g/mol. The van der Waals surface area contributed by atoms with E-state index in [2.05, 4.69) is 4.98 Å². The maximum Gasteiger partial charge on any atom is 0.305 e. The molecule has 0 aliphatic carbocycles. The van der Waals surface area contributed by atoms with Crippen molar-refractivity contribution in [3.63, 3.8) is 0 Å². The van der Waals surface area contributed by atoms with E-state index >= 15 is 0 Å². The number of H-pyrrole nitrogens is 1. The van der Waals surface area contributed by atoms with Crippen LogP contribution in [0.1, 0.15) is 30.8 Å². The predicted octanol–water partition coefficient (Wildman–Crippen LogP) is 2.75. The van der Waals surface area contributed by atoms with Gasteiger partial charge in [0.2, 0.25) is 0 Å². The van der Waals surface area contributed by atoms with Gasteiger partial charge in [0.25, 0.3) is 5.91 Å². The molecule has 6 nitrogen and oxygen atoms in total. The molecule has 0 aliphatic heterocycles. The van der Waals surface area contributed by atoms with E-state index in [0.29, 0.717) is 12.2 Å². The third kappa shape index (κ3) is 4.25. The summed E-state index contributed by atoms with van der Waals surface area (Å²) in [5.74, 6) is -0.110. The summed E-state index contributed by atoms with van der Waals surface area (Å²) in [6, 6.07) is 7.30. The summed E-state index contributed by atoms with van der Waals surface area (Å²) in [5, 5.41) is 9.75. The van der Waals surface area contributed by atoms with E-state index in [9.17, 15) is 9.59 Å². The van der Waals surface area contributed by atoms with Crippen molar-refractivity contribution in [2.45, 2.75) is 20.3 Å². The normalized spacial score (nSPS) is 11.0. The van der Waals surface area contributed by atoms with Crippen molar-refractivity contribution < 1.29 is 19.4 Å². The number of hydrogen-bond acceptors (Lipinski definition) is 3. The van der Waals surface area contributed by atoms with Crippen molar-refractivity contribution in [2.75, 3.05) is 20.2 Å². The lowest BCUT2D eigenvalue weighted by atomic mass is 10.2. The van der Waals surface area contributed by atoms with Gasteiger partial charge in [-0.1, -0.05) is 13.8 Å². The Morgan fingerprint density at radius 1 is 1.30 bits per heavy atom. The maximum absolute atomic E-state index is 12.7. The molecular formula is C17H22N2O4. The van der Waals surface area contributed by atoms with Crippen LogP contribution in [0.5, 0.6) is 5.75 Å². The van der Waals surface area contributed by atoms with Crippen LogP contribution in [-0.2, 0) is 4.79 Å². The Labute approximate surface area is 135 Å². The monoisotopic (exact) mass is 318 g/mol. The lowest BCUT2D eigenvalue weighted by Crippen LogP contribution is -2.36. The minimum Gasteiger partial charge on any atom is -0.497 e. The van der Waals surface area contributed by atoms with E-state index < -0.39 is 5.97 Å². The molecule has 2 N–H and O–H groups in total. The first-order valence-corrected chi connectivity index (χ1v) is 7.58. The second-order valence-corrected chi connectivity index (χ2v) is 5.92. The molecule has 1 aromatic carbocycles. The average molecular weight is 318 g/mol. The highest BCUT2D eigenvalue weighted by molar-refractivity contribution is 5.98. The number of fused-ring (bicyclic) bond motifs is 1. The summed E-state index contributed by atoms with van der Waals surface area (Å²) in [5.41, 5.74) is 1.30. The Morgan fingerprint density at radius 3 is 2.65 bits per heavy atom. The number of aromatic amines is 1. The highest BCUT2D eigenvalue weighted by atomic mass is 16.5. The van der Waals surface area contributed by atoms with Gasteiger partial charge in [0.1, 0.15) is 11.4 Å². The molecule has 1 amide bonds. The SMILES string of the molecule is COc1ccc2[nH]c(C(=O)N(CCC(=O)O)CC(C)C)cc2c1. The third-order valence-electron chi connectivity index (χ3n) is 3.53. The molecule has 0 aliphatic rings. The predicted molar refractivity (Wildman–Crippen MR) is 87.8 cm³/mol. The van der Waals surface area contributed by atoms with E-state index in [1.807, 2.05) is 32.0 Å². The molecule has 124 valence electrons. The fraction of sp³-hybridized carbons (Fsp3) is 0.412. The van der Waals surface area contributed by atoms with Crippen LogP contribution < -0.4 is 4.74 Å². The Kier molecular flexibility index (Phi) is 5.26. The molecule has 0 fully saturated rings. The lowest BCUT2D eigenvalue weighted by molar-refractivity contribution is -0.137. The Hall–Kier alpha value is -2.50. The van der Waals surface area contributed by atoms with Gasteiger partial charge < -0.3 is 19.7 Å². The van der Waals surface area contributed by atoms with Crippen LogP contribution in [0.2, 0.25) is 0 Å². The van der Waals surface area contributed by atoms with Crippen molar-refractivity contribution in [2.24, 2.45) is 5.92 Å². The van der Waals surface area contributed by atoms with Crippen molar-refractivity contribution in [3.05, 3.63) is 30.0 Å². The second-order valence-electron chi connectivity index (χ2n) is 5.92. The minimum absolute atomic E-state index is 0.0630. The number of carboxylic acids is 1. The number of carbonyl (C=O) groups excluding carboxylic acids is 1. The molecule has 0 atom stereocenters. The van der Waals surface area contributed by atoms with Gasteiger partial charge in [-0.2, -0.15) is 0 Å². The van der Waals surface area contributed by atoms with Gasteiger partial charge >= 0.3 is 5.97 Å². The molecule has 2 aromatic rings. The van der Waals surface area contributed by atoms with Gasteiger partial charge in [-0.25, -0.2) is 0 Å². The van der Waals surface area contributed by atoms with Gasteiger partial charge in [-0.15, -0.1) is 0 Å². The summed E-state index contributed by atoms with van der Waals surface area (Å²) >= 11 is 0. The quantitative estimate of drug-likeness (QED) is 0.822. The molecule has 0 saturated carbocycles. The van der Waals surface area contributed by atoms with Gasteiger partial charge in [0.05, 0.1) is 13.5 Å². The van der Waals surface area contributed by atoms with E-state index in [0.717, 1.165) is 16.7 Å². The topological polar surface area (TPSA) is 82.6 Å². The summed E-state index contributed by atoms with van der Waals surface area (Å²) in [6.45, 7) is 4.71. The van der Waals surface area contributed by atoms with Crippen LogP contribution in [0.15, 0.2) is 24.3 Å². The zero-order valence-electron chi connectivity index (χ0n) is 13.6. The number of methoxy groups -OCH3 is 1. The smallest absolute Gasteiger partial charge is 0.305 e. The van der Waals surface area contributed by atoms with Crippen LogP contribution in [0.4, 0.5) is 0 Å². The standard InChI is InChI=1S/C17H22N2O4/c1-11(2)10-19(7-6-16(20)21)17(22)15-9-12-8-13(23-3)4-5-14(12)18-15/h4-5,8-9,11,18H,6-7,10H2,1-3H3,(H,20,21). The van der Waals surface area contributed by atoms with E-state index in [1.54, 1.807) is 18.1 Å². The summed E-state index contributed by atoms with van der Waals surface area (Å²) in [4.78, 5) is 28.2. The van der Waals surface area contributed by atoms with E-state index in [-0.39, 0.29) is 24.8 Å². The average Bonchev–Trinajstić information content (AvgIpc) is 2.92. The highest BCUT2D eigenvalue weighted by Gasteiger charge is 2.19. The number of hydrogen-bond donors (Lipinski definition) is 2. The molecule has 1 aromatic heterocycles. The molecule has 0 saturated heterocycles. The number of aromatic nitrogens is 1. The van der Waals surface area contributed by atoms with Crippen molar-refractivity contribution in [3.8, 4) is 5.75 Å². The molecule has 0 radical (unpaired) electrons. The first kappa shape index (κ1) is 16.9. The van der Waals surface area contributed by atoms with Gasteiger partial charge in [0.15, 0.2) is 0 Å². The first-order valence-electron chi connectivity index (χ1n) is 7.58. The van der Waals surface area contributed by atoms with Crippen LogP contribution in [-0.4, -0.2) is 47.1 Å². The van der Waals surface area contributed by atoms with E-state index in [1.165, 1.54) is 0 Å². The van der Waals surface area contributed by atoms with Gasteiger partial charge in [-0.3, -0.25) is 9.59 Å². The molecule has 23 heavy (non-hydrogen) atoms. The number of aliphatic carboxylic acids is 1. The number of ether oxygens (including phenoxy) is 1. The maximum atomic E-state index is 12.7. The van der Waals surface area contributed by atoms with Crippen LogP contribution >= 0.6 is 0 Å². The summed E-state index contributed by atoms with van der Waals surface area (Å²) in [6.07, 6.45) is -0.0630. The fourth-order valence-electron chi connectivity index (χ4n) is 2.47.